The standard InChI is InChI=1S/C5H9NO3/c1-2-4(8)6-5(9)3-7/h2,5,7,9H,1,3H2,(H,6,8). The van der Waals surface area contributed by atoms with E-state index in [2.05, 4.69) is 6.58 Å². The molecule has 0 aliphatic heterocycles. The van der Waals surface area contributed by atoms with Gasteiger partial charge in [-0.05, 0) is 6.08 Å². The monoisotopic (exact) mass is 131 g/mol. The lowest BCUT2D eigenvalue weighted by Gasteiger charge is -2.05. The molecule has 1 atom stereocenters. The molecule has 0 spiro atoms. The van der Waals surface area contributed by atoms with Crippen molar-refractivity contribution in [2.45, 2.75) is 6.23 Å². The van der Waals surface area contributed by atoms with Gasteiger partial charge in [-0.1, -0.05) is 6.58 Å². The Labute approximate surface area is 52.8 Å². The highest BCUT2D eigenvalue weighted by atomic mass is 16.3. The Hall–Kier alpha value is -0.870. The molecule has 4 nitrogen and oxygen atoms in total. The van der Waals surface area contributed by atoms with Crippen LogP contribution in [0.5, 0.6) is 0 Å². The van der Waals surface area contributed by atoms with E-state index in [4.69, 9.17) is 10.2 Å². The second-order valence-corrected chi connectivity index (χ2v) is 1.41. The molecule has 3 N–H and O–H groups in total. The van der Waals surface area contributed by atoms with Crippen LogP contribution in [0.1, 0.15) is 0 Å². The van der Waals surface area contributed by atoms with Crippen molar-refractivity contribution < 1.29 is 15.0 Å². The van der Waals surface area contributed by atoms with E-state index < -0.39 is 18.7 Å². The summed E-state index contributed by atoms with van der Waals surface area (Å²) < 4.78 is 0. The Morgan fingerprint density at radius 3 is 2.78 bits per heavy atom. The Bertz CT molecular complexity index is 113. The largest absolute Gasteiger partial charge is 0.392 e. The SMILES string of the molecule is C=CC(=O)NC(O)CO. The second-order valence-electron chi connectivity index (χ2n) is 1.41. The lowest BCUT2D eigenvalue weighted by molar-refractivity contribution is -0.120. The zero-order chi connectivity index (χ0) is 7.28. The zero-order valence-corrected chi connectivity index (χ0v) is 4.87. The van der Waals surface area contributed by atoms with Crippen LogP contribution < -0.4 is 5.32 Å². The zero-order valence-electron chi connectivity index (χ0n) is 4.87. The number of aliphatic hydroxyl groups is 2. The van der Waals surface area contributed by atoms with E-state index >= 15 is 0 Å². The van der Waals surface area contributed by atoms with Crippen LogP contribution in [-0.2, 0) is 4.79 Å². The molecule has 0 fully saturated rings. The Morgan fingerprint density at radius 2 is 2.44 bits per heavy atom. The third-order valence-electron chi connectivity index (χ3n) is 0.667. The van der Waals surface area contributed by atoms with Gasteiger partial charge in [-0.2, -0.15) is 0 Å². The van der Waals surface area contributed by atoms with Crippen molar-refractivity contribution >= 4 is 5.91 Å². The highest BCUT2D eigenvalue weighted by molar-refractivity contribution is 5.86. The first-order valence-corrected chi connectivity index (χ1v) is 2.42. The van der Waals surface area contributed by atoms with Crippen molar-refractivity contribution in [1.29, 1.82) is 0 Å². The molecule has 0 aliphatic carbocycles. The molecule has 0 aliphatic rings. The number of aliphatic hydroxyl groups excluding tert-OH is 2. The van der Waals surface area contributed by atoms with Crippen molar-refractivity contribution in [3.05, 3.63) is 12.7 Å². The van der Waals surface area contributed by atoms with E-state index in [-0.39, 0.29) is 0 Å². The van der Waals surface area contributed by atoms with Gasteiger partial charge in [-0.25, -0.2) is 0 Å². The molecule has 1 unspecified atom stereocenters. The lowest BCUT2D eigenvalue weighted by atomic mass is 10.5. The number of nitrogens with one attached hydrogen (secondary N) is 1. The molecule has 0 saturated heterocycles. The molecule has 4 heteroatoms. The molecule has 9 heavy (non-hydrogen) atoms. The van der Waals surface area contributed by atoms with Crippen LogP contribution in [0.3, 0.4) is 0 Å². The van der Waals surface area contributed by atoms with Gasteiger partial charge in [-0.3, -0.25) is 4.79 Å². The van der Waals surface area contributed by atoms with Crippen LogP contribution in [-0.4, -0.2) is 29.0 Å². The molecule has 0 saturated carbocycles. The summed E-state index contributed by atoms with van der Waals surface area (Å²) in [5.74, 6) is -0.503. The van der Waals surface area contributed by atoms with Crippen molar-refractivity contribution in [3.8, 4) is 0 Å². The maximum atomic E-state index is 10.3. The third kappa shape index (κ3) is 3.69. The summed E-state index contributed by atoms with van der Waals surface area (Å²) in [6.07, 6.45) is -0.172. The molecule has 0 radical (unpaired) electrons. The van der Waals surface area contributed by atoms with Gasteiger partial charge in [0.1, 0.15) is 6.23 Å². The number of amides is 1. The summed E-state index contributed by atoms with van der Waals surface area (Å²) in [6, 6.07) is 0. The minimum atomic E-state index is -1.18. The van der Waals surface area contributed by atoms with Crippen LogP contribution in [0.2, 0.25) is 0 Å². The van der Waals surface area contributed by atoms with Gasteiger partial charge in [0.2, 0.25) is 5.91 Å². The maximum Gasteiger partial charge on any atom is 0.245 e. The summed E-state index contributed by atoms with van der Waals surface area (Å²) in [4.78, 5) is 10.3. The lowest BCUT2D eigenvalue weighted by Crippen LogP contribution is -2.35. The van der Waals surface area contributed by atoms with Crippen LogP contribution in [0, 0.1) is 0 Å². The Balaban J connectivity index is 3.46. The second kappa shape index (κ2) is 4.05. The molecular formula is C5H9NO3. The van der Waals surface area contributed by atoms with E-state index in [9.17, 15) is 4.79 Å². The molecule has 0 aromatic heterocycles. The van der Waals surface area contributed by atoms with Gasteiger partial charge >= 0.3 is 0 Å². The van der Waals surface area contributed by atoms with Gasteiger partial charge in [0.05, 0.1) is 6.61 Å². The number of hydrogen-bond donors (Lipinski definition) is 3. The van der Waals surface area contributed by atoms with E-state index in [1.54, 1.807) is 0 Å². The van der Waals surface area contributed by atoms with Crippen molar-refractivity contribution in [1.82, 2.24) is 5.32 Å². The summed E-state index contributed by atoms with van der Waals surface area (Å²) in [7, 11) is 0. The van der Waals surface area contributed by atoms with Gasteiger partial charge in [0.25, 0.3) is 0 Å². The fourth-order valence-electron chi connectivity index (χ4n) is 0.269. The third-order valence-corrected chi connectivity index (χ3v) is 0.667. The maximum absolute atomic E-state index is 10.3. The van der Waals surface area contributed by atoms with E-state index in [0.717, 1.165) is 6.08 Å². The smallest absolute Gasteiger partial charge is 0.245 e. The summed E-state index contributed by atoms with van der Waals surface area (Å²) in [6.45, 7) is 2.66. The first kappa shape index (κ1) is 8.13. The molecule has 0 rings (SSSR count). The predicted octanol–water partition coefficient (Wildman–Crippen LogP) is -1.40. The number of carbonyl (C=O) groups is 1. The fraction of sp³-hybridized carbons (Fsp3) is 0.400. The van der Waals surface area contributed by atoms with Crippen molar-refractivity contribution in [2.75, 3.05) is 6.61 Å². The fourth-order valence-corrected chi connectivity index (χ4v) is 0.269. The molecular weight excluding hydrogens is 122 g/mol. The highest BCUT2D eigenvalue weighted by Gasteiger charge is 2.01. The van der Waals surface area contributed by atoms with Crippen LogP contribution in [0.4, 0.5) is 0 Å². The molecule has 1 amide bonds. The molecule has 0 aromatic carbocycles. The summed E-state index contributed by atoms with van der Waals surface area (Å²) in [5, 5.41) is 18.7. The van der Waals surface area contributed by atoms with E-state index in [1.807, 2.05) is 5.32 Å². The van der Waals surface area contributed by atoms with E-state index in [0.29, 0.717) is 0 Å². The first-order valence-electron chi connectivity index (χ1n) is 2.42. The van der Waals surface area contributed by atoms with Crippen molar-refractivity contribution in [3.63, 3.8) is 0 Å². The average Bonchev–Trinajstić information content (AvgIpc) is 1.87. The van der Waals surface area contributed by atoms with Crippen LogP contribution >= 0.6 is 0 Å². The Morgan fingerprint density at radius 1 is 1.89 bits per heavy atom. The molecule has 0 heterocycles. The normalized spacial score (nSPS) is 12.2. The topological polar surface area (TPSA) is 69.6 Å². The summed E-state index contributed by atoms with van der Waals surface area (Å²) in [5.41, 5.74) is 0. The van der Waals surface area contributed by atoms with E-state index in [1.165, 1.54) is 0 Å². The van der Waals surface area contributed by atoms with Crippen molar-refractivity contribution in [2.24, 2.45) is 0 Å². The minimum absolute atomic E-state index is 0.487. The number of carbonyl (C=O) groups excluding carboxylic acids is 1. The van der Waals surface area contributed by atoms with Crippen LogP contribution in [0.25, 0.3) is 0 Å². The minimum Gasteiger partial charge on any atom is -0.392 e. The van der Waals surface area contributed by atoms with Gasteiger partial charge in [-0.15, -0.1) is 0 Å². The number of hydrogen-bond acceptors (Lipinski definition) is 3. The Kier molecular flexibility index (Phi) is 3.66. The first-order chi connectivity index (χ1) is 4.20. The van der Waals surface area contributed by atoms with Gasteiger partial charge in [0, 0.05) is 0 Å². The highest BCUT2D eigenvalue weighted by Crippen LogP contribution is 1.73. The van der Waals surface area contributed by atoms with Gasteiger partial charge in [0.15, 0.2) is 0 Å². The molecule has 0 bridgehead atoms. The number of rotatable bonds is 3. The summed E-state index contributed by atoms with van der Waals surface area (Å²) >= 11 is 0. The average molecular weight is 131 g/mol. The quantitative estimate of drug-likeness (QED) is 0.326. The molecule has 0 aromatic rings. The predicted molar refractivity (Wildman–Crippen MR) is 31.4 cm³/mol. The van der Waals surface area contributed by atoms with Gasteiger partial charge < -0.3 is 15.5 Å². The molecule has 52 valence electrons. The van der Waals surface area contributed by atoms with Crippen LogP contribution in [0.15, 0.2) is 12.7 Å².